The zero-order chi connectivity index (χ0) is 11.4. The second kappa shape index (κ2) is 5.50. The molecule has 0 radical (unpaired) electrons. The summed E-state index contributed by atoms with van der Waals surface area (Å²) in [5.41, 5.74) is 0. The lowest BCUT2D eigenvalue weighted by atomic mass is 10.3. The van der Waals surface area contributed by atoms with E-state index in [2.05, 4.69) is 15.5 Å². The summed E-state index contributed by atoms with van der Waals surface area (Å²) in [6.07, 6.45) is 1.08. The molecule has 2 aliphatic rings. The van der Waals surface area contributed by atoms with Crippen LogP contribution < -0.4 is 10.6 Å². The van der Waals surface area contributed by atoms with Crippen LogP contribution in [0.25, 0.3) is 0 Å². The number of nitrogens with one attached hydrogen (secondary N) is 2. The summed E-state index contributed by atoms with van der Waals surface area (Å²) < 4.78 is 0. The van der Waals surface area contributed by atoms with Gasteiger partial charge in [0.05, 0.1) is 0 Å². The molecule has 2 heterocycles. The molecular formula is C11H22N4O. The predicted molar refractivity (Wildman–Crippen MR) is 63.5 cm³/mol. The number of rotatable bonds is 4. The third-order valence-electron chi connectivity index (χ3n) is 3.26. The Morgan fingerprint density at radius 3 is 2.69 bits per heavy atom. The quantitative estimate of drug-likeness (QED) is 0.691. The molecule has 5 nitrogen and oxygen atoms in total. The van der Waals surface area contributed by atoms with Crippen LogP contribution in [-0.4, -0.2) is 67.7 Å². The van der Waals surface area contributed by atoms with Crippen LogP contribution in [0.3, 0.4) is 0 Å². The molecule has 0 aromatic rings. The average molecular weight is 226 g/mol. The summed E-state index contributed by atoms with van der Waals surface area (Å²) in [6, 6.07) is 0.416. The largest absolute Gasteiger partial charge is 0.334 e. The summed E-state index contributed by atoms with van der Waals surface area (Å²) in [7, 11) is 0. The van der Waals surface area contributed by atoms with Gasteiger partial charge in [-0.05, 0) is 19.9 Å². The van der Waals surface area contributed by atoms with Crippen molar-refractivity contribution in [1.29, 1.82) is 0 Å². The highest BCUT2D eigenvalue weighted by Crippen LogP contribution is 2.04. The standard InChI is InChI=1S/C11H22N4O/c1-10-9-15(11(16)13-10)6-2-5-14-7-3-12-4-8-14/h10,12H,2-9H2,1H3,(H,13,16). The summed E-state index contributed by atoms with van der Waals surface area (Å²) >= 11 is 0. The van der Waals surface area contributed by atoms with E-state index in [1.54, 1.807) is 0 Å². The molecule has 0 bridgehead atoms. The number of amides is 2. The Labute approximate surface area is 97.2 Å². The predicted octanol–water partition coefficient (Wildman–Crippen LogP) is -0.305. The highest BCUT2D eigenvalue weighted by molar-refractivity contribution is 5.76. The van der Waals surface area contributed by atoms with E-state index in [-0.39, 0.29) is 6.03 Å². The Morgan fingerprint density at radius 2 is 2.06 bits per heavy atom. The molecule has 0 spiro atoms. The van der Waals surface area contributed by atoms with E-state index in [1.807, 2.05) is 11.8 Å². The van der Waals surface area contributed by atoms with Crippen molar-refractivity contribution in [3.8, 4) is 0 Å². The summed E-state index contributed by atoms with van der Waals surface area (Å²) in [5.74, 6) is 0. The molecule has 2 fully saturated rings. The fourth-order valence-corrected chi connectivity index (χ4v) is 2.37. The van der Waals surface area contributed by atoms with E-state index in [1.165, 1.54) is 0 Å². The van der Waals surface area contributed by atoms with Gasteiger partial charge in [0.1, 0.15) is 0 Å². The minimum absolute atomic E-state index is 0.104. The fraction of sp³-hybridized carbons (Fsp3) is 0.909. The van der Waals surface area contributed by atoms with Gasteiger partial charge in [0.15, 0.2) is 0 Å². The van der Waals surface area contributed by atoms with Crippen molar-refractivity contribution >= 4 is 6.03 Å². The zero-order valence-corrected chi connectivity index (χ0v) is 10.0. The Balaban J connectivity index is 1.62. The van der Waals surface area contributed by atoms with E-state index in [0.29, 0.717) is 6.04 Å². The van der Waals surface area contributed by atoms with Crippen molar-refractivity contribution in [2.24, 2.45) is 0 Å². The lowest BCUT2D eigenvalue weighted by Gasteiger charge is -2.27. The Bertz CT molecular complexity index is 240. The molecule has 0 saturated carbocycles. The number of carbonyl (C=O) groups is 1. The minimum atomic E-state index is 0.104. The van der Waals surface area contributed by atoms with E-state index in [4.69, 9.17) is 0 Å². The number of piperazine rings is 1. The molecule has 0 aliphatic carbocycles. The molecule has 2 aliphatic heterocycles. The van der Waals surface area contributed by atoms with Gasteiger partial charge < -0.3 is 20.4 Å². The van der Waals surface area contributed by atoms with Crippen molar-refractivity contribution in [3.05, 3.63) is 0 Å². The van der Waals surface area contributed by atoms with Gasteiger partial charge in [0, 0.05) is 45.3 Å². The zero-order valence-electron chi connectivity index (χ0n) is 10.0. The van der Waals surface area contributed by atoms with Gasteiger partial charge in [0.2, 0.25) is 0 Å². The van der Waals surface area contributed by atoms with Crippen LogP contribution in [0.1, 0.15) is 13.3 Å². The smallest absolute Gasteiger partial charge is 0.317 e. The molecule has 2 saturated heterocycles. The molecule has 2 rings (SSSR count). The highest BCUT2D eigenvalue weighted by atomic mass is 16.2. The van der Waals surface area contributed by atoms with E-state index < -0.39 is 0 Å². The first-order chi connectivity index (χ1) is 7.75. The first-order valence-electron chi connectivity index (χ1n) is 6.24. The molecule has 2 N–H and O–H groups in total. The number of urea groups is 1. The van der Waals surface area contributed by atoms with Gasteiger partial charge in [-0.2, -0.15) is 0 Å². The van der Waals surface area contributed by atoms with Crippen LogP contribution >= 0.6 is 0 Å². The SMILES string of the molecule is CC1CN(CCCN2CCNCC2)C(=O)N1. The van der Waals surface area contributed by atoms with E-state index >= 15 is 0 Å². The topological polar surface area (TPSA) is 47.6 Å². The van der Waals surface area contributed by atoms with Crippen LogP contribution in [0.4, 0.5) is 4.79 Å². The van der Waals surface area contributed by atoms with E-state index in [9.17, 15) is 4.79 Å². The molecule has 0 aromatic carbocycles. The van der Waals surface area contributed by atoms with Crippen LogP contribution in [0.15, 0.2) is 0 Å². The first-order valence-corrected chi connectivity index (χ1v) is 6.24. The fourth-order valence-electron chi connectivity index (χ4n) is 2.37. The molecule has 16 heavy (non-hydrogen) atoms. The number of nitrogens with zero attached hydrogens (tertiary/aromatic N) is 2. The van der Waals surface area contributed by atoms with Crippen molar-refractivity contribution in [2.75, 3.05) is 45.8 Å². The summed E-state index contributed by atoms with van der Waals surface area (Å²) in [5, 5.41) is 6.26. The van der Waals surface area contributed by atoms with Gasteiger partial charge in [-0.25, -0.2) is 4.79 Å². The van der Waals surface area contributed by atoms with E-state index in [0.717, 1.165) is 52.2 Å². The highest BCUT2D eigenvalue weighted by Gasteiger charge is 2.24. The Hall–Kier alpha value is -0.810. The maximum atomic E-state index is 11.5. The van der Waals surface area contributed by atoms with Crippen LogP contribution in [-0.2, 0) is 0 Å². The lowest BCUT2D eigenvalue weighted by Crippen LogP contribution is -2.44. The second-order valence-corrected chi connectivity index (χ2v) is 4.74. The van der Waals surface area contributed by atoms with Crippen molar-refractivity contribution in [2.45, 2.75) is 19.4 Å². The maximum Gasteiger partial charge on any atom is 0.317 e. The molecule has 1 atom stereocenters. The maximum absolute atomic E-state index is 11.5. The van der Waals surface area contributed by atoms with Gasteiger partial charge >= 0.3 is 6.03 Å². The van der Waals surface area contributed by atoms with Gasteiger partial charge in [-0.15, -0.1) is 0 Å². The minimum Gasteiger partial charge on any atom is -0.334 e. The van der Waals surface area contributed by atoms with Crippen LogP contribution in [0.5, 0.6) is 0 Å². The van der Waals surface area contributed by atoms with Gasteiger partial charge in [-0.3, -0.25) is 0 Å². The molecule has 5 heteroatoms. The molecular weight excluding hydrogens is 204 g/mol. The van der Waals surface area contributed by atoms with Crippen molar-refractivity contribution in [1.82, 2.24) is 20.4 Å². The Morgan fingerprint density at radius 1 is 1.31 bits per heavy atom. The average Bonchev–Trinajstić information content (AvgIpc) is 2.59. The number of hydrogen-bond acceptors (Lipinski definition) is 3. The lowest BCUT2D eigenvalue weighted by molar-refractivity contribution is 0.204. The molecule has 1 unspecified atom stereocenters. The summed E-state index contributed by atoms with van der Waals surface area (Å²) in [6.45, 7) is 9.39. The third kappa shape index (κ3) is 3.09. The number of carbonyl (C=O) groups excluding carboxylic acids is 1. The van der Waals surface area contributed by atoms with Crippen LogP contribution in [0, 0.1) is 0 Å². The van der Waals surface area contributed by atoms with Crippen molar-refractivity contribution in [3.63, 3.8) is 0 Å². The molecule has 2 amide bonds. The Kier molecular flexibility index (Phi) is 4.01. The third-order valence-corrected chi connectivity index (χ3v) is 3.26. The van der Waals surface area contributed by atoms with Gasteiger partial charge in [0.25, 0.3) is 0 Å². The van der Waals surface area contributed by atoms with Crippen LogP contribution in [0.2, 0.25) is 0 Å². The van der Waals surface area contributed by atoms with Crippen molar-refractivity contribution < 1.29 is 4.79 Å². The monoisotopic (exact) mass is 226 g/mol. The number of hydrogen-bond donors (Lipinski definition) is 2. The normalized spacial score (nSPS) is 27.2. The van der Waals surface area contributed by atoms with Gasteiger partial charge in [-0.1, -0.05) is 0 Å². The summed E-state index contributed by atoms with van der Waals surface area (Å²) in [4.78, 5) is 15.8. The molecule has 92 valence electrons. The first kappa shape index (κ1) is 11.7. The molecule has 0 aromatic heterocycles. The second-order valence-electron chi connectivity index (χ2n) is 4.74.